The van der Waals surface area contributed by atoms with Crippen LogP contribution in [-0.2, 0) is 0 Å². The minimum atomic E-state index is -0.118. The Morgan fingerprint density at radius 1 is 1.33 bits per heavy atom. The Bertz CT molecular complexity index is 918. The molecule has 142 valence electrons. The second-order valence-electron chi connectivity index (χ2n) is 6.78. The molecular weight excluding hydrogens is 340 g/mol. The van der Waals surface area contributed by atoms with Gasteiger partial charge >= 0.3 is 0 Å². The highest BCUT2D eigenvalue weighted by molar-refractivity contribution is 5.99. The van der Waals surface area contributed by atoms with E-state index < -0.39 is 0 Å². The quantitative estimate of drug-likeness (QED) is 0.580. The Kier molecular flexibility index (Phi) is 5.79. The van der Waals surface area contributed by atoms with Crippen molar-refractivity contribution in [3.63, 3.8) is 0 Å². The number of furan rings is 1. The number of ether oxygens (including phenoxy) is 1. The summed E-state index contributed by atoms with van der Waals surface area (Å²) in [5.74, 6) is 0.971. The van der Waals surface area contributed by atoms with Crippen molar-refractivity contribution in [2.24, 2.45) is 0 Å². The summed E-state index contributed by atoms with van der Waals surface area (Å²) in [6.45, 7) is 4.07. The Balaban J connectivity index is 1.95. The Labute approximate surface area is 160 Å². The number of rotatable bonds is 7. The van der Waals surface area contributed by atoms with Gasteiger partial charge in [0.15, 0.2) is 5.76 Å². The Morgan fingerprint density at radius 2 is 2.15 bits per heavy atom. The minimum Gasteiger partial charge on any atom is -0.497 e. The smallest absolute Gasteiger partial charge is 0.290 e. The van der Waals surface area contributed by atoms with Crippen LogP contribution in [0.5, 0.6) is 5.75 Å². The summed E-state index contributed by atoms with van der Waals surface area (Å²) in [4.78, 5) is 19.2. The molecular formula is C22H26N2O3. The topological polar surface area (TPSA) is 55.6 Å². The molecule has 3 aromatic rings. The maximum Gasteiger partial charge on any atom is 0.290 e. The molecule has 0 N–H and O–H groups in total. The third-order valence-corrected chi connectivity index (χ3v) is 5.03. The molecule has 27 heavy (non-hydrogen) atoms. The molecule has 5 heteroatoms. The number of unbranched alkanes of at least 4 members (excludes halogenated alkanes) is 1. The van der Waals surface area contributed by atoms with Crippen LogP contribution in [0.1, 0.15) is 53.9 Å². The van der Waals surface area contributed by atoms with Crippen molar-refractivity contribution < 1.29 is 13.9 Å². The lowest BCUT2D eigenvalue weighted by Gasteiger charge is -2.28. The number of carbonyl (C=O) groups excluding carboxylic acids is 1. The first-order valence-corrected chi connectivity index (χ1v) is 9.31. The third kappa shape index (κ3) is 3.82. The third-order valence-electron chi connectivity index (χ3n) is 5.03. The molecule has 2 aromatic heterocycles. The second-order valence-corrected chi connectivity index (χ2v) is 6.78. The van der Waals surface area contributed by atoms with Gasteiger partial charge in [-0.3, -0.25) is 9.78 Å². The molecule has 5 nitrogen and oxygen atoms in total. The molecule has 0 radical (unpaired) electrons. The molecule has 0 aliphatic heterocycles. The van der Waals surface area contributed by atoms with Gasteiger partial charge in [-0.2, -0.15) is 0 Å². The molecule has 1 unspecified atom stereocenters. The van der Waals surface area contributed by atoms with E-state index in [9.17, 15) is 4.79 Å². The number of aryl methyl sites for hydroxylation is 1. The number of hydrogen-bond acceptors (Lipinski definition) is 4. The van der Waals surface area contributed by atoms with E-state index in [4.69, 9.17) is 9.15 Å². The molecule has 1 amide bonds. The van der Waals surface area contributed by atoms with Gasteiger partial charge in [0.2, 0.25) is 0 Å². The van der Waals surface area contributed by atoms with Crippen LogP contribution < -0.4 is 4.74 Å². The van der Waals surface area contributed by atoms with Gasteiger partial charge in [-0.25, -0.2) is 0 Å². The molecule has 0 aliphatic rings. The van der Waals surface area contributed by atoms with Crippen LogP contribution in [-0.4, -0.2) is 29.9 Å². The fourth-order valence-electron chi connectivity index (χ4n) is 3.39. The van der Waals surface area contributed by atoms with Crippen molar-refractivity contribution in [1.82, 2.24) is 9.88 Å². The van der Waals surface area contributed by atoms with Crippen LogP contribution >= 0.6 is 0 Å². The number of benzene rings is 1. The lowest BCUT2D eigenvalue weighted by atomic mass is 10.0. The van der Waals surface area contributed by atoms with Gasteiger partial charge in [-0.05, 0) is 37.1 Å². The van der Waals surface area contributed by atoms with Crippen LogP contribution in [0.2, 0.25) is 0 Å². The number of nitrogens with zero attached hydrogens (tertiary/aromatic N) is 2. The van der Waals surface area contributed by atoms with E-state index >= 15 is 0 Å². The summed E-state index contributed by atoms with van der Waals surface area (Å²) in [5.41, 5.74) is 2.55. The molecule has 1 aromatic carbocycles. The predicted molar refractivity (Wildman–Crippen MR) is 106 cm³/mol. The number of amides is 1. The number of hydrogen-bond donors (Lipinski definition) is 0. The second kappa shape index (κ2) is 8.25. The van der Waals surface area contributed by atoms with Gasteiger partial charge in [-0.1, -0.05) is 25.8 Å². The van der Waals surface area contributed by atoms with Crippen LogP contribution in [0.25, 0.3) is 11.0 Å². The van der Waals surface area contributed by atoms with Crippen LogP contribution in [0.4, 0.5) is 0 Å². The van der Waals surface area contributed by atoms with E-state index in [1.165, 1.54) is 0 Å². The van der Waals surface area contributed by atoms with E-state index in [2.05, 4.69) is 11.9 Å². The summed E-state index contributed by atoms with van der Waals surface area (Å²) >= 11 is 0. The maximum atomic E-state index is 13.2. The standard InChI is InChI=1S/C22H26N2O3/c1-5-6-9-19(16-8-7-12-23-14-16)24(3)22(25)21-15(2)18-11-10-17(26-4)13-20(18)27-21/h7-8,10-14,19H,5-6,9H2,1-4H3. The van der Waals surface area contributed by atoms with E-state index in [0.29, 0.717) is 17.1 Å². The number of methoxy groups -OCH3 is 1. The zero-order chi connectivity index (χ0) is 19.4. The first-order valence-electron chi connectivity index (χ1n) is 9.31. The molecule has 0 aliphatic carbocycles. The Morgan fingerprint density at radius 3 is 2.81 bits per heavy atom. The van der Waals surface area contributed by atoms with E-state index in [1.807, 2.05) is 50.5 Å². The first-order chi connectivity index (χ1) is 13.1. The molecule has 1 atom stereocenters. The average molecular weight is 366 g/mol. The summed E-state index contributed by atoms with van der Waals surface area (Å²) < 4.78 is 11.2. The van der Waals surface area contributed by atoms with E-state index in [-0.39, 0.29) is 11.9 Å². The maximum absolute atomic E-state index is 13.2. The zero-order valence-corrected chi connectivity index (χ0v) is 16.4. The van der Waals surface area contributed by atoms with Crippen molar-refractivity contribution in [1.29, 1.82) is 0 Å². The molecule has 2 heterocycles. The summed E-state index contributed by atoms with van der Waals surface area (Å²) in [5, 5.41) is 0.930. The van der Waals surface area contributed by atoms with E-state index in [1.54, 1.807) is 18.2 Å². The summed E-state index contributed by atoms with van der Waals surface area (Å²) in [7, 11) is 3.45. The van der Waals surface area contributed by atoms with Crippen molar-refractivity contribution >= 4 is 16.9 Å². The van der Waals surface area contributed by atoms with Crippen molar-refractivity contribution in [2.75, 3.05) is 14.2 Å². The first kappa shape index (κ1) is 19.0. The molecule has 3 rings (SSSR count). The molecule has 0 fully saturated rings. The number of fused-ring (bicyclic) bond motifs is 1. The van der Waals surface area contributed by atoms with Gasteiger partial charge in [0.1, 0.15) is 11.3 Å². The summed E-state index contributed by atoms with van der Waals surface area (Å²) in [6.07, 6.45) is 6.58. The van der Waals surface area contributed by atoms with Crippen molar-refractivity contribution in [2.45, 2.75) is 39.2 Å². The normalized spacial score (nSPS) is 12.1. The Hall–Kier alpha value is -2.82. The van der Waals surface area contributed by atoms with Gasteiger partial charge in [0.25, 0.3) is 5.91 Å². The number of pyridine rings is 1. The van der Waals surface area contributed by atoms with E-state index in [0.717, 1.165) is 35.8 Å². The van der Waals surface area contributed by atoms with Gasteiger partial charge in [0, 0.05) is 36.5 Å². The SMILES string of the molecule is CCCCC(c1cccnc1)N(C)C(=O)c1oc2cc(OC)ccc2c1C. The molecule has 0 bridgehead atoms. The fraction of sp³-hybridized carbons (Fsp3) is 0.364. The lowest BCUT2D eigenvalue weighted by Crippen LogP contribution is -2.31. The van der Waals surface area contributed by atoms with Gasteiger partial charge < -0.3 is 14.1 Å². The predicted octanol–water partition coefficient (Wildman–Crippen LogP) is 5.15. The zero-order valence-electron chi connectivity index (χ0n) is 16.4. The highest BCUT2D eigenvalue weighted by Crippen LogP contribution is 2.32. The molecule has 0 spiro atoms. The number of carbonyl (C=O) groups is 1. The monoisotopic (exact) mass is 366 g/mol. The summed E-state index contributed by atoms with van der Waals surface area (Å²) in [6, 6.07) is 9.52. The largest absolute Gasteiger partial charge is 0.497 e. The molecule has 0 saturated heterocycles. The minimum absolute atomic E-state index is 0.0340. The lowest BCUT2D eigenvalue weighted by molar-refractivity contribution is 0.0689. The number of aromatic nitrogens is 1. The molecule has 0 saturated carbocycles. The average Bonchev–Trinajstić information content (AvgIpc) is 3.04. The van der Waals surface area contributed by atoms with Crippen molar-refractivity contribution in [3.8, 4) is 5.75 Å². The van der Waals surface area contributed by atoms with Gasteiger partial charge in [0.05, 0.1) is 13.2 Å². The van der Waals surface area contributed by atoms with Crippen LogP contribution in [0, 0.1) is 6.92 Å². The highest BCUT2D eigenvalue weighted by Gasteiger charge is 2.27. The van der Waals surface area contributed by atoms with Crippen LogP contribution in [0.3, 0.4) is 0 Å². The van der Waals surface area contributed by atoms with Gasteiger partial charge in [-0.15, -0.1) is 0 Å². The highest BCUT2D eigenvalue weighted by atomic mass is 16.5. The van der Waals surface area contributed by atoms with Crippen molar-refractivity contribution in [3.05, 3.63) is 59.6 Å². The fourth-order valence-corrected chi connectivity index (χ4v) is 3.39. The van der Waals surface area contributed by atoms with Crippen LogP contribution in [0.15, 0.2) is 47.1 Å².